The van der Waals surface area contributed by atoms with Crippen molar-refractivity contribution in [1.82, 2.24) is 20.3 Å². The second-order valence-electron chi connectivity index (χ2n) is 4.27. The Labute approximate surface area is 116 Å². The Morgan fingerprint density at radius 2 is 2.00 bits per heavy atom. The van der Waals surface area contributed by atoms with Gasteiger partial charge in [0.1, 0.15) is 5.52 Å². The number of halogens is 1. The van der Waals surface area contributed by atoms with Crippen LogP contribution >= 0.6 is 11.6 Å². The van der Waals surface area contributed by atoms with Crippen LogP contribution in [0.5, 0.6) is 0 Å². The number of nitrogens with one attached hydrogen (secondary N) is 1. The summed E-state index contributed by atoms with van der Waals surface area (Å²) < 4.78 is 1.80. The van der Waals surface area contributed by atoms with Crippen LogP contribution in [0.2, 0.25) is 5.02 Å². The van der Waals surface area contributed by atoms with Crippen LogP contribution in [0.15, 0.2) is 42.5 Å². The van der Waals surface area contributed by atoms with Crippen molar-refractivity contribution < 1.29 is 0 Å². The summed E-state index contributed by atoms with van der Waals surface area (Å²) in [5.41, 5.74) is 3.78. The molecule has 0 saturated carbocycles. The summed E-state index contributed by atoms with van der Waals surface area (Å²) in [7, 11) is 1.91. The van der Waals surface area contributed by atoms with Crippen molar-refractivity contribution in [1.29, 1.82) is 0 Å². The van der Waals surface area contributed by atoms with E-state index in [0.717, 1.165) is 28.8 Å². The van der Waals surface area contributed by atoms with Crippen molar-refractivity contribution in [3.63, 3.8) is 0 Å². The number of nitrogens with zero attached hydrogens (tertiary/aromatic N) is 3. The number of aromatic nitrogens is 3. The van der Waals surface area contributed by atoms with Crippen LogP contribution in [0, 0.1) is 0 Å². The topological polar surface area (TPSA) is 42.7 Å². The zero-order chi connectivity index (χ0) is 13.2. The molecule has 0 unspecified atom stereocenters. The van der Waals surface area contributed by atoms with E-state index < -0.39 is 0 Å². The van der Waals surface area contributed by atoms with Crippen LogP contribution in [0.3, 0.4) is 0 Å². The minimum absolute atomic E-state index is 0.670. The van der Waals surface area contributed by atoms with Crippen LogP contribution in [-0.2, 0) is 6.54 Å². The Kier molecular flexibility index (Phi) is 3.19. The molecule has 19 heavy (non-hydrogen) atoms. The van der Waals surface area contributed by atoms with Crippen LogP contribution in [0.4, 0.5) is 0 Å². The Morgan fingerprint density at radius 1 is 1.16 bits per heavy atom. The first-order chi connectivity index (χ1) is 9.31. The van der Waals surface area contributed by atoms with E-state index in [2.05, 4.69) is 15.6 Å². The molecule has 96 valence electrons. The summed E-state index contributed by atoms with van der Waals surface area (Å²) in [6.07, 6.45) is 0. The Bertz CT molecular complexity index is 720. The van der Waals surface area contributed by atoms with E-state index in [0.29, 0.717) is 5.02 Å². The lowest BCUT2D eigenvalue weighted by Crippen LogP contribution is -2.10. The quantitative estimate of drug-likeness (QED) is 0.797. The number of para-hydroxylation sites is 2. The third-order valence-electron chi connectivity index (χ3n) is 3.00. The molecule has 1 heterocycles. The third kappa shape index (κ3) is 2.09. The van der Waals surface area contributed by atoms with Gasteiger partial charge < -0.3 is 5.32 Å². The second kappa shape index (κ2) is 4.99. The van der Waals surface area contributed by atoms with Gasteiger partial charge in [-0.15, -0.1) is 5.10 Å². The third-order valence-corrected chi connectivity index (χ3v) is 3.31. The molecule has 0 spiro atoms. The van der Waals surface area contributed by atoms with E-state index in [9.17, 15) is 0 Å². The summed E-state index contributed by atoms with van der Waals surface area (Å²) in [6.45, 7) is 0.726. The summed E-state index contributed by atoms with van der Waals surface area (Å²) in [6, 6.07) is 13.7. The standard InChI is InChI=1S/C14H13ClN4/c1-16-9-10-5-4-6-11(15)14(10)19-13-8-3-2-7-12(13)17-18-19/h2-8,16H,9H2,1H3. The first kappa shape index (κ1) is 12.1. The molecular weight excluding hydrogens is 260 g/mol. The highest BCUT2D eigenvalue weighted by Gasteiger charge is 2.13. The predicted molar refractivity (Wildman–Crippen MR) is 76.6 cm³/mol. The van der Waals surface area contributed by atoms with E-state index >= 15 is 0 Å². The van der Waals surface area contributed by atoms with Crippen molar-refractivity contribution in [3.8, 4) is 5.69 Å². The molecular formula is C14H13ClN4. The molecule has 1 N–H and O–H groups in total. The van der Waals surface area contributed by atoms with Gasteiger partial charge in [0.05, 0.1) is 16.2 Å². The average molecular weight is 273 g/mol. The van der Waals surface area contributed by atoms with Gasteiger partial charge in [-0.05, 0) is 30.8 Å². The first-order valence-electron chi connectivity index (χ1n) is 6.04. The highest BCUT2D eigenvalue weighted by atomic mass is 35.5. The molecule has 5 heteroatoms. The fourth-order valence-electron chi connectivity index (χ4n) is 2.16. The predicted octanol–water partition coefficient (Wildman–Crippen LogP) is 2.79. The summed E-state index contributed by atoms with van der Waals surface area (Å²) >= 11 is 6.34. The highest BCUT2D eigenvalue weighted by Crippen LogP contribution is 2.26. The van der Waals surface area contributed by atoms with Gasteiger partial charge in [0.15, 0.2) is 0 Å². The van der Waals surface area contributed by atoms with Gasteiger partial charge >= 0.3 is 0 Å². The maximum Gasteiger partial charge on any atom is 0.113 e. The lowest BCUT2D eigenvalue weighted by atomic mass is 10.1. The van der Waals surface area contributed by atoms with Crippen molar-refractivity contribution in [2.45, 2.75) is 6.54 Å². The summed E-state index contributed by atoms with van der Waals surface area (Å²) in [4.78, 5) is 0. The Morgan fingerprint density at radius 3 is 2.84 bits per heavy atom. The smallest absolute Gasteiger partial charge is 0.113 e. The van der Waals surface area contributed by atoms with Crippen molar-refractivity contribution in [3.05, 3.63) is 53.1 Å². The maximum atomic E-state index is 6.34. The van der Waals surface area contributed by atoms with E-state index in [-0.39, 0.29) is 0 Å². The molecule has 0 atom stereocenters. The van der Waals surface area contributed by atoms with Gasteiger partial charge in [0.25, 0.3) is 0 Å². The molecule has 4 nitrogen and oxygen atoms in total. The molecule has 0 saturated heterocycles. The number of fused-ring (bicyclic) bond motifs is 1. The minimum Gasteiger partial charge on any atom is -0.316 e. The van der Waals surface area contributed by atoms with Crippen LogP contribution in [0.1, 0.15) is 5.56 Å². The normalized spacial score (nSPS) is 11.1. The van der Waals surface area contributed by atoms with Gasteiger partial charge in [-0.2, -0.15) is 0 Å². The van der Waals surface area contributed by atoms with Gasteiger partial charge in [0.2, 0.25) is 0 Å². The van der Waals surface area contributed by atoms with Crippen LogP contribution in [-0.4, -0.2) is 22.0 Å². The number of rotatable bonds is 3. The molecule has 2 aromatic carbocycles. The lowest BCUT2D eigenvalue weighted by Gasteiger charge is -2.11. The zero-order valence-electron chi connectivity index (χ0n) is 10.5. The van der Waals surface area contributed by atoms with Gasteiger partial charge in [0, 0.05) is 6.54 Å². The van der Waals surface area contributed by atoms with E-state index in [1.54, 1.807) is 4.68 Å². The number of hydrogen-bond donors (Lipinski definition) is 1. The lowest BCUT2D eigenvalue weighted by molar-refractivity contribution is 0.775. The van der Waals surface area contributed by atoms with Gasteiger partial charge in [-0.3, -0.25) is 0 Å². The molecule has 0 radical (unpaired) electrons. The zero-order valence-corrected chi connectivity index (χ0v) is 11.2. The molecule has 0 amide bonds. The Hall–Kier alpha value is -1.91. The highest BCUT2D eigenvalue weighted by molar-refractivity contribution is 6.32. The Balaban J connectivity index is 2.26. The maximum absolute atomic E-state index is 6.34. The monoisotopic (exact) mass is 272 g/mol. The minimum atomic E-state index is 0.670. The average Bonchev–Trinajstić information content (AvgIpc) is 2.83. The molecule has 0 aliphatic carbocycles. The molecule has 0 bridgehead atoms. The largest absolute Gasteiger partial charge is 0.316 e. The van der Waals surface area contributed by atoms with Crippen molar-refractivity contribution in [2.24, 2.45) is 0 Å². The van der Waals surface area contributed by atoms with Gasteiger partial charge in [-0.1, -0.05) is 41.1 Å². The van der Waals surface area contributed by atoms with Crippen LogP contribution in [0.25, 0.3) is 16.7 Å². The van der Waals surface area contributed by atoms with Crippen molar-refractivity contribution in [2.75, 3.05) is 7.05 Å². The SMILES string of the molecule is CNCc1cccc(Cl)c1-n1nnc2ccccc21. The number of benzene rings is 2. The van der Waals surface area contributed by atoms with E-state index in [1.165, 1.54) is 0 Å². The molecule has 0 aliphatic heterocycles. The van der Waals surface area contributed by atoms with E-state index in [4.69, 9.17) is 11.6 Å². The van der Waals surface area contributed by atoms with Gasteiger partial charge in [-0.25, -0.2) is 4.68 Å². The fraction of sp³-hybridized carbons (Fsp3) is 0.143. The second-order valence-corrected chi connectivity index (χ2v) is 4.68. The van der Waals surface area contributed by atoms with Crippen molar-refractivity contribution >= 4 is 22.6 Å². The van der Waals surface area contributed by atoms with E-state index in [1.807, 2.05) is 49.5 Å². The number of hydrogen-bond acceptors (Lipinski definition) is 3. The fourth-order valence-corrected chi connectivity index (χ4v) is 2.44. The molecule has 1 aromatic heterocycles. The molecule has 0 fully saturated rings. The summed E-state index contributed by atoms with van der Waals surface area (Å²) in [5.74, 6) is 0. The molecule has 0 aliphatic rings. The van der Waals surface area contributed by atoms with Crippen LogP contribution < -0.4 is 5.32 Å². The molecule has 3 rings (SSSR count). The summed E-state index contributed by atoms with van der Waals surface area (Å²) in [5, 5.41) is 12.2. The molecule has 3 aromatic rings. The first-order valence-corrected chi connectivity index (χ1v) is 6.42.